The molecule has 3 aliphatic heterocycles. The maximum Gasteiger partial charge on any atom is 0.237 e. The Morgan fingerprint density at radius 1 is 1.30 bits per heavy atom. The number of rotatable bonds is 2. The molecule has 2 fully saturated rings. The fourth-order valence-corrected chi connectivity index (χ4v) is 3.64. The van der Waals surface area contributed by atoms with Crippen molar-refractivity contribution in [3.05, 3.63) is 29.8 Å². The molecule has 0 aliphatic carbocycles. The van der Waals surface area contributed by atoms with Crippen molar-refractivity contribution in [3.8, 4) is 0 Å². The van der Waals surface area contributed by atoms with Crippen molar-refractivity contribution in [2.24, 2.45) is 0 Å². The Morgan fingerprint density at radius 2 is 2.00 bits per heavy atom. The highest BCUT2D eigenvalue weighted by Gasteiger charge is 2.52. The van der Waals surface area contributed by atoms with Crippen molar-refractivity contribution in [1.82, 2.24) is 4.90 Å². The summed E-state index contributed by atoms with van der Waals surface area (Å²) in [6.45, 7) is 3.50. The van der Waals surface area contributed by atoms with Crippen molar-refractivity contribution in [2.75, 3.05) is 38.2 Å². The average Bonchev–Trinajstić information content (AvgIpc) is 3.26. The lowest BCUT2D eigenvalue weighted by Crippen LogP contribution is -2.48. The first kappa shape index (κ1) is 12.4. The molecule has 0 radical (unpaired) electrons. The summed E-state index contributed by atoms with van der Waals surface area (Å²) >= 11 is 0. The number of ether oxygens (including phenoxy) is 1. The normalized spacial score (nSPS) is 27.9. The van der Waals surface area contributed by atoms with Crippen LogP contribution < -0.4 is 4.90 Å². The summed E-state index contributed by atoms with van der Waals surface area (Å²) in [4.78, 5) is 17.3. The van der Waals surface area contributed by atoms with Crippen LogP contribution in [0.25, 0.3) is 0 Å². The molecule has 3 aliphatic rings. The van der Waals surface area contributed by atoms with Gasteiger partial charge in [-0.3, -0.25) is 4.79 Å². The molecule has 1 spiro atoms. The first-order chi connectivity index (χ1) is 9.71. The van der Waals surface area contributed by atoms with Crippen molar-refractivity contribution in [3.63, 3.8) is 0 Å². The minimum absolute atomic E-state index is 0.244. The van der Waals surface area contributed by atoms with E-state index in [0.29, 0.717) is 12.5 Å². The summed E-state index contributed by atoms with van der Waals surface area (Å²) < 4.78 is 5.32. The van der Waals surface area contributed by atoms with Crippen LogP contribution >= 0.6 is 0 Å². The molecular formula is C16H20N2O2. The largest absolute Gasteiger partial charge is 0.371 e. The Balaban J connectivity index is 1.74. The van der Waals surface area contributed by atoms with E-state index in [9.17, 15) is 4.79 Å². The first-order valence-corrected chi connectivity index (χ1v) is 7.42. The Morgan fingerprint density at radius 3 is 2.70 bits per heavy atom. The highest BCUT2D eigenvalue weighted by molar-refractivity contribution is 6.08. The van der Waals surface area contributed by atoms with E-state index in [2.05, 4.69) is 30.1 Å². The predicted octanol–water partition coefficient (Wildman–Crippen LogP) is 1.40. The second-order valence-corrected chi connectivity index (χ2v) is 6.27. The lowest BCUT2D eigenvalue weighted by Gasteiger charge is -2.36. The van der Waals surface area contributed by atoms with E-state index in [1.54, 1.807) is 0 Å². The third-order valence-corrected chi connectivity index (χ3v) is 4.99. The Labute approximate surface area is 119 Å². The van der Waals surface area contributed by atoms with Gasteiger partial charge in [0.05, 0.1) is 24.7 Å². The SMILES string of the molecule is CN1CCC2(CC1)C(=O)N(CC1CO1)c1ccccc12. The van der Waals surface area contributed by atoms with E-state index in [1.807, 2.05) is 11.0 Å². The third-order valence-electron chi connectivity index (χ3n) is 4.99. The number of hydrogen-bond acceptors (Lipinski definition) is 3. The summed E-state index contributed by atoms with van der Waals surface area (Å²) in [6.07, 6.45) is 2.11. The molecule has 1 amide bonds. The number of benzene rings is 1. The van der Waals surface area contributed by atoms with Crippen molar-refractivity contribution in [2.45, 2.75) is 24.4 Å². The molecule has 0 N–H and O–H groups in total. The van der Waals surface area contributed by atoms with Crippen LogP contribution in [0.2, 0.25) is 0 Å². The average molecular weight is 272 g/mol. The molecule has 0 bridgehead atoms. The van der Waals surface area contributed by atoms with Gasteiger partial charge < -0.3 is 14.5 Å². The number of carbonyl (C=O) groups excluding carboxylic acids is 1. The van der Waals surface area contributed by atoms with Crippen LogP contribution in [0.3, 0.4) is 0 Å². The maximum atomic E-state index is 13.1. The van der Waals surface area contributed by atoms with Crippen LogP contribution in [0.15, 0.2) is 24.3 Å². The van der Waals surface area contributed by atoms with Gasteiger partial charge in [-0.15, -0.1) is 0 Å². The number of fused-ring (bicyclic) bond motifs is 2. The summed E-state index contributed by atoms with van der Waals surface area (Å²) in [5, 5.41) is 0. The van der Waals surface area contributed by atoms with E-state index in [-0.39, 0.29) is 11.5 Å². The molecule has 0 aromatic heterocycles. The summed E-state index contributed by atoms with van der Waals surface area (Å²) in [5.41, 5.74) is 2.06. The summed E-state index contributed by atoms with van der Waals surface area (Å²) in [6, 6.07) is 8.32. The molecule has 0 saturated carbocycles. The Kier molecular flexibility index (Phi) is 2.66. The highest BCUT2D eigenvalue weighted by atomic mass is 16.6. The van der Waals surface area contributed by atoms with Crippen LogP contribution in [-0.4, -0.2) is 50.2 Å². The van der Waals surface area contributed by atoms with E-state index in [0.717, 1.165) is 38.2 Å². The monoisotopic (exact) mass is 272 g/mol. The van der Waals surface area contributed by atoms with Gasteiger partial charge in [0.1, 0.15) is 0 Å². The molecule has 106 valence electrons. The zero-order valence-electron chi connectivity index (χ0n) is 11.8. The van der Waals surface area contributed by atoms with E-state index >= 15 is 0 Å². The molecule has 20 heavy (non-hydrogen) atoms. The molecule has 2 saturated heterocycles. The number of nitrogens with zero attached hydrogens (tertiary/aromatic N) is 2. The molecule has 1 aromatic carbocycles. The second kappa shape index (κ2) is 4.30. The van der Waals surface area contributed by atoms with Gasteiger partial charge in [-0.1, -0.05) is 18.2 Å². The summed E-state index contributed by atoms with van der Waals surface area (Å²) in [7, 11) is 2.13. The number of piperidine rings is 1. The van der Waals surface area contributed by atoms with E-state index < -0.39 is 0 Å². The fourth-order valence-electron chi connectivity index (χ4n) is 3.64. The maximum absolute atomic E-state index is 13.1. The lowest BCUT2D eigenvalue weighted by molar-refractivity contribution is -0.124. The molecule has 1 aromatic rings. The van der Waals surface area contributed by atoms with Gasteiger partial charge in [-0.05, 0) is 44.6 Å². The van der Waals surface area contributed by atoms with Crippen molar-refractivity contribution in [1.29, 1.82) is 0 Å². The number of hydrogen-bond donors (Lipinski definition) is 0. The fraction of sp³-hybridized carbons (Fsp3) is 0.562. The molecular weight excluding hydrogens is 252 g/mol. The standard InChI is InChI=1S/C16H20N2O2/c1-17-8-6-16(7-9-17)13-4-2-3-5-14(13)18(15(16)19)10-12-11-20-12/h2-5,12H,6-11H2,1H3. The van der Waals surface area contributed by atoms with Gasteiger partial charge >= 0.3 is 0 Å². The molecule has 4 rings (SSSR count). The van der Waals surface area contributed by atoms with E-state index in [1.165, 1.54) is 5.56 Å². The first-order valence-electron chi connectivity index (χ1n) is 7.42. The van der Waals surface area contributed by atoms with E-state index in [4.69, 9.17) is 4.74 Å². The highest BCUT2D eigenvalue weighted by Crippen LogP contribution is 2.48. The number of amides is 1. The topological polar surface area (TPSA) is 36.1 Å². The Bertz CT molecular complexity index is 545. The number of carbonyl (C=O) groups is 1. The zero-order chi connectivity index (χ0) is 13.7. The molecule has 3 heterocycles. The number of likely N-dealkylation sites (tertiary alicyclic amines) is 1. The van der Waals surface area contributed by atoms with Crippen LogP contribution in [0, 0.1) is 0 Å². The number of epoxide rings is 1. The number of anilines is 1. The van der Waals surface area contributed by atoms with Gasteiger partial charge in [0.2, 0.25) is 5.91 Å². The van der Waals surface area contributed by atoms with Crippen LogP contribution in [-0.2, 0) is 14.9 Å². The minimum Gasteiger partial charge on any atom is -0.371 e. The van der Waals surface area contributed by atoms with Gasteiger partial charge in [-0.2, -0.15) is 0 Å². The molecule has 4 nitrogen and oxygen atoms in total. The Hall–Kier alpha value is -1.39. The van der Waals surface area contributed by atoms with Crippen molar-refractivity contribution < 1.29 is 9.53 Å². The van der Waals surface area contributed by atoms with Gasteiger partial charge in [0, 0.05) is 5.69 Å². The minimum atomic E-state index is -0.280. The van der Waals surface area contributed by atoms with Gasteiger partial charge in [0.25, 0.3) is 0 Å². The van der Waals surface area contributed by atoms with Crippen molar-refractivity contribution >= 4 is 11.6 Å². The second-order valence-electron chi connectivity index (χ2n) is 6.27. The smallest absolute Gasteiger partial charge is 0.237 e. The molecule has 1 atom stereocenters. The zero-order valence-corrected chi connectivity index (χ0v) is 11.8. The van der Waals surface area contributed by atoms with Gasteiger partial charge in [-0.25, -0.2) is 0 Å². The van der Waals surface area contributed by atoms with Crippen LogP contribution in [0.1, 0.15) is 18.4 Å². The molecule has 4 heteroatoms. The summed E-state index contributed by atoms with van der Waals surface area (Å²) in [5.74, 6) is 0.294. The van der Waals surface area contributed by atoms with Crippen LogP contribution in [0.4, 0.5) is 5.69 Å². The lowest BCUT2D eigenvalue weighted by atomic mass is 9.74. The van der Waals surface area contributed by atoms with Crippen LogP contribution in [0.5, 0.6) is 0 Å². The predicted molar refractivity (Wildman–Crippen MR) is 76.9 cm³/mol. The third kappa shape index (κ3) is 1.71. The molecule has 1 unspecified atom stereocenters. The van der Waals surface area contributed by atoms with Gasteiger partial charge in [0.15, 0.2) is 0 Å². The quantitative estimate of drug-likeness (QED) is 0.763. The number of para-hydroxylation sites is 1.